The first-order valence-electron chi connectivity index (χ1n) is 19.5. The van der Waals surface area contributed by atoms with Gasteiger partial charge in [0, 0.05) is 24.8 Å². The lowest BCUT2D eigenvalue weighted by molar-refractivity contribution is -0.118. The summed E-state index contributed by atoms with van der Waals surface area (Å²) < 4.78 is 45.8. The van der Waals surface area contributed by atoms with Crippen LogP contribution in [0, 0.1) is 23.5 Å². The monoisotopic (exact) mass is 661 g/mol. The molecule has 4 aliphatic rings. The maximum absolute atomic E-state index is 15.3. The molecule has 2 nitrogen and oxygen atoms in total. The van der Waals surface area contributed by atoms with Crippen LogP contribution in [0.3, 0.4) is 0 Å². The van der Waals surface area contributed by atoms with Gasteiger partial charge in [0.1, 0.15) is 23.6 Å². The normalized spacial score (nSPS) is 26.8. The summed E-state index contributed by atoms with van der Waals surface area (Å²) in [6.07, 6.45) is 19.7. The molecule has 0 unspecified atom stereocenters. The number of carbonyl (C=O) groups excluding carboxylic acids is 1. The second-order valence-corrected chi connectivity index (χ2v) is 16.0. The highest BCUT2D eigenvalue weighted by Gasteiger charge is 2.39. The van der Waals surface area contributed by atoms with Crippen LogP contribution in [0.4, 0.5) is 13.2 Å². The molecule has 2 saturated carbocycles. The zero-order valence-electron chi connectivity index (χ0n) is 29.2. The highest BCUT2D eigenvalue weighted by atomic mass is 19.1. The molecule has 48 heavy (non-hydrogen) atoms. The number of rotatable bonds is 13. The Morgan fingerprint density at radius 2 is 1.19 bits per heavy atom. The van der Waals surface area contributed by atoms with Crippen molar-refractivity contribution in [1.29, 1.82) is 0 Å². The number of alkyl halides is 1. The highest BCUT2D eigenvalue weighted by molar-refractivity contribution is 5.81. The van der Waals surface area contributed by atoms with Gasteiger partial charge in [-0.3, -0.25) is 4.79 Å². The summed E-state index contributed by atoms with van der Waals surface area (Å²) in [5.74, 6) is 0.303. The summed E-state index contributed by atoms with van der Waals surface area (Å²) in [6, 6.07) is 7.57. The Morgan fingerprint density at radius 1 is 0.667 bits per heavy atom. The fourth-order valence-corrected chi connectivity index (χ4v) is 9.75. The Kier molecular flexibility index (Phi) is 12.2. The molecule has 6 rings (SSSR count). The molecule has 2 N–H and O–H groups in total. The standard InChI is InChI=1S/C43H58F3NO/c1-28(20-29-22-36-34-18-12-6-9-15-31(42(34)46)26-38(36)40(44)24-29)14-8-4-2-3-5-11-17-33(48)21-30-23-37-35-19-13-7-10-16-32(43(35)47)27-39(37)41(45)25-30/h22-25,31-32,34-35,42-43H,1-21,26-27,47H2/t31-,32-,34+,35+,42-,43-/m0/s1. The number of nitrogens with two attached hydrogens (primary N) is 1. The number of fused-ring (bicyclic) bond motifs is 8. The molecule has 4 aliphatic carbocycles. The number of halogens is 3. The summed E-state index contributed by atoms with van der Waals surface area (Å²) in [5, 5.41) is 0. The maximum Gasteiger partial charge on any atom is 0.137 e. The van der Waals surface area contributed by atoms with Crippen molar-refractivity contribution in [2.45, 2.75) is 165 Å². The van der Waals surface area contributed by atoms with E-state index in [1.165, 1.54) is 12.8 Å². The van der Waals surface area contributed by atoms with Crippen LogP contribution in [0.2, 0.25) is 0 Å². The SMILES string of the molecule is C=C(CCCCCCCCC(=O)Cc1cc(F)c2c(c1)[C@H]1CCCCC[C@@H](C2)[C@@H]1N)Cc1cc(F)c2c(c1)[C@H]1CCCCC[C@@H](C2)[C@@H]1F. The number of hydrogen-bond acceptors (Lipinski definition) is 2. The molecule has 0 aliphatic heterocycles. The summed E-state index contributed by atoms with van der Waals surface area (Å²) in [4.78, 5) is 12.8. The van der Waals surface area contributed by atoms with Gasteiger partial charge in [0.2, 0.25) is 0 Å². The van der Waals surface area contributed by atoms with Gasteiger partial charge in [-0.1, -0.05) is 88.5 Å². The topological polar surface area (TPSA) is 43.1 Å². The first kappa shape index (κ1) is 35.4. The van der Waals surface area contributed by atoms with Gasteiger partial charge >= 0.3 is 0 Å². The number of Topliss-reactive ketones (excluding diaryl/α,β-unsaturated/α-hetero) is 1. The minimum absolute atomic E-state index is 0.0291. The van der Waals surface area contributed by atoms with Gasteiger partial charge in [0.25, 0.3) is 0 Å². The van der Waals surface area contributed by atoms with Crippen molar-refractivity contribution in [2.75, 3.05) is 0 Å². The predicted octanol–water partition coefficient (Wildman–Crippen LogP) is 11.1. The maximum atomic E-state index is 15.3. The van der Waals surface area contributed by atoms with Crippen LogP contribution in [0.5, 0.6) is 0 Å². The number of hydrogen-bond donors (Lipinski definition) is 1. The van der Waals surface area contributed by atoms with E-state index in [4.69, 9.17) is 5.73 Å². The van der Waals surface area contributed by atoms with Crippen molar-refractivity contribution < 1.29 is 18.0 Å². The molecule has 6 atom stereocenters. The van der Waals surface area contributed by atoms with E-state index in [1.807, 2.05) is 0 Å². The van der Waals surface area contributed by atoms with Crippen LogP contribution in [0.1, 0.15) is 161 Å². The van der Waals surface area contributed by atoms with Crippen LogP contribution >= 0.6 is 0 Å². The van der Waals surface area contributed by atoms with Crippen LogP contribution in [-0.2, 0) is 30.5 Å². The van der Waals surface area contributed by atoms with E-state index in [0.717, 1.165) is 142 Å². The fraction of sp³-hybridized carbons (Fsp3) is 0.651. The van der Waals surface area contributed by atoms with Gasteiger partial charge in [-0.15, -0.1) is 0 Å². The van der Waals surface area contributed by atoms with Gasteiger partial charge in [0.05, 0.1) is 0 Å². The Morgan fingerprint density at radius 3 is 1.88 bits per heavy atom. The summed E-state index contributed by atoms with van der Waals surface area (Å²) in [5.41, 5.74) is 13.1. The second-order valence-electron chi connectivity index (χ2n) is 16.0. The molecule has 0 radical (unpaired) electrons. The van der Waals surface area contributed by atoms with Gasteiger partial charge in [-0.2, -0.15) is 0 Å². The van der Waals surface area contributed by atoms with E-state index in [0.29, 0.717) is 31.6 Å². The zero-order chi connectivity index (χ0) is 33.6. The third-order valence-electron chi connectivity index (χ3n) is 12.4. The predicted molar refractivity (Wildman–Crippen MR) is 190 cm³/mol. The smallest absolute Gasteiger partial charge is 0.137 e. The third kappa shape index (κ3) is 8.48. The highest BCUT2D eigenvalue weighted by Crippen LogP contribution is 2.45. The minimum Gasteiger partial charge on any atom is -0.327 e. The summed E-state index contributed by atoms with van der Waals surface area (Å²) in [7, 11) is 0. The van der Waals surface area contributed by atoms with Crippen LogP contribution < -0.4 is 5.73 Å². The largest absolute Gasteiger partial charge is 0.327 e. The van der Waals surface area contributed by atoms with E-state index >= 15 is 13.2 Å². The number of allylic oxidation sites excluding steroid dienone is 1. The van der Waals surface area contributed by atoms with E-state index in [-0.39, 0.29) is 41.2 Å². The molecular weight excluding hydrogens is 603 g/mol. The van der Waals surface area contributed by atoms with Crippen molar-refractivity contribution in [3.8, 4) is 0 Å². The van der Waals surface area contributed by atoms with Crippen molar-refractivity contribution >= 4 is 5.78 Å². The Hall–Kier alpha value is -2.40. The number of ketones is 1. The van der Waals surface area contributed by atoms with Gasteiger partial charge < -0.3 is 5.73 Å². The lowest BCUT2D eigenvalue weighted by atomic mass is 9.68. The molecule has 0 amide bonds. The Labute approximate surface area is 287 Å². The molecule has 0 spiro atoms. The van der Waals surface area contributed by atoms with E-state index < -0.39 is 6.17 Å². The van der Waals surface area contributed by atoms with Gasteiger partial charge in [-0.05, 0) is 127 Å². The first-order valence-corrected chi connectivity index (χ1v) is 19.5. The van der Waals surface area contributed by atoms with E-state index in [1.54, 1.807) is 12.1 Å². The van der Waals surface area contributed by atoms with Gasteiger partial charge in [0.15, 0.2) is 0 Å². The number of unbranched alkanes of at least 4 members (excludes halogenated alkanes) is 5. The zero-order valence-corrected chi connectivity index (χ0v) is 29.2. The Bertz CT molecular complexity index is 1330. The lowest BCUT2D eigenvalue weighted by Gasteiger charge is -2.39. The van der Waals surface area contributed by atoms with Crippen molar-refractivity contribution in [3.05, 3.63) is 81.4 Å². The van der Waals surface area contributed by atoms with Crippen molar-refractivity contribution in [1.82, 2.24) is 0 Å². The molecule has 2 fully saturated rings. The molecule has 262 valence electrons. The second kappa shape index (κ2) is 16.5. The lowest BCUT2D eigenvalue weighted by Crippen LogP contribution is -2.42. The molecule has 4 bridgehead atoms. The fourth-order valence-electron chi connectivity index (χ4n) is 9.75. The van der Waals surface area contributed by atoms with E-state index in [2.05, 4.69) is 18.7 Å². The number of carbonyl (C=O) groups is 1. The van der Waals surface area contributed by atoms with Crippen molar-refractivity contribution in [3.63, 3.8) is 0 Å². The minimum atomic E-state index is -0.846. The van der Waals surface area contributed by atoms with E-state index in [9.17, 15) is 4.79 Å². The third-order valence-corrected chi connectivity index (χ3v) is 12.4. The molecule has 5 heteroatoms. The molecule has 0 saturated heterocycles. The van der Waals surface area contributed by atoms with Crippen LogP contribution in [0.15, 0.2) is 36.4 Å². The summed E-state index contributed by atoms with van der Waals surface area (Å²) in [6.45, 7) is 4.29. The molecule has 2 aromatic rings. The number of benzene rings is 2. The average molecular weight is 662 g/mol. The molecular formula is C43H58F3NO. The average Bonchev–Trinajstić information content (AvgIpc) is 3.04. The summed E-state index contributed by atoms with van der Waals surface area (Å²) >= 11 is 0. The Balaban J connectivity index is 0.886. The molecule has 0 aromatic heterocycles. The quantitative estimate of drug-likeness (QED) is 0.171. The first-order chi connectivity index (χ1) is 23.3. The van der Waals surface area contributed by atoms with Crippen LogP contribution in [0.25, 0.3) is 0 Å². The van der Waals surface area contributed by atoms with Gasteiger partial charge in [-0.25, -0.2) is 13.2 Å². The molecule has 0 heterocycles. The molecule has 2 aromatic carbocycles. The van der Waals surface area contributed by atoms with Crippen molar-refractivity contribution in [2.24, 2.45) is 17.6 Å². The van der Waals surface area contributed by atoms with Crippen LogP contribution in [-0.4, -0.2) is 18.0 Å².